The monoisotopic (exact) mass is 616 g/mol. The van der Waals surface area contributed by atoms with Crippen molar-refractivity contribution in [2.75, 3.05) is 12.4 Å². The summed E-state index contributed by atoms with van der Waals surface area (Å²) in [5.74, 6) is 1.07. The minimum atomic E-state index is -0.535. The first-order valence-electron chi connectivity index (χ1n) is 12.3. The largest absolute Gasteiger partial charge is 0.493 e. The molecule has 0 fully saturated rings. The Labute approximate surface area is 246 Å². The van der Waals surface area contributed by atoms with Crippen molar-refractivity contribution in [2.24, 2.45) is 0 Å². The van der Waals surface area contributed by atoms with Crippen LogP contribution in [0.5, 0.6) is 17.2 Å². The number of rotatable bonds is 10. The lowest BCUT2D eigenvalue weighted by Gasteiger charge is -2.14. The number of amides is 1. The number of aryl methyl sites for hydroxylation is 1. The normalized spacial score (nSPS) is 10.9. The van der Waals surface area contributed by atoms with E-state index in [0.717, 1.165) is 11.1 Å². The van der Waals surface area contributed by atoms with Gasteiger partial charge in [0.15, 0.2) is 11.5 Å². The van der Waals surface area contributed by atoms with Crippen molar-refractivity contribution in [3.05, 3.63) is 122 Å². The van der Waals surface area contributed by atoms with Gasteiger partial charge in [-0.1, -0.05) is 53.6 Å². The number of nitrogens with zero attached hydrogens (tertiary/aromatic N) is 1. The van der Waals surface area contributed by atoms with Gasteiger partial charge >= 0.3 is 0 Å². The van der Waals surface area contributed by atoms with E-state index in [2.05, 4.69) is 21.2 Å². The molecule has 0 aliphatic carbocycles. The van der Waals surface area contributed by atoms with Gasteiger partial charge in [-0.15, -0.1) is 0 Å². The van der Waals surface area contributed by atoms with Gasteiger partial charge in [0, 0.05) is 10.7 Å². The molecule has 0 heterocycles. The molecular formula is C32H26BrClN2O4. The van der Waals surface area contributed by atoms with E-state index in [1.165, 1.54) is 18.7 Å². The number of nitriles is 1. The average Bonchev–Trinajstić information content (AvgIpc) is 2.95. The molecule has 1 amide bonds. The minimum Gasteiger partial charge on any atom is -0.493 e. The van der Waals surface area contributed by atoms with Crippen LogP contribution in [0, 0.1) is 18.3 Å². The topological polar surface area (TPSA) is 80.6 Å². The van der Waals surface area contributed by atoms with Gasteiger partial charge in [-0.25, -0.2) is 0 Å². The minimum absolute atomic E-state index is 0.0683. The number of benzene rings is 4. The molecule has 0 aromatic heterocycles. The van der Waals surface area contributed by atoms with Gasteiger partial charge in [-0.2, -0.15) is 5.26 Å². The van der Waals surface area contributed by atoms with E-state index in [-0.39, 0.29) is 12.2 Å². The van der Waals surface area contributed by atoms with E-state index in [0.29, 0.717) is 44.6 Å². The van der Waals surface area contributed by atoms with Crippen molar-refractivity contribution in [2.45, 2.75) is 20.1 Å². The molecule has 4 aromatic carbocycles. The predicted molar refractivity (Wildman–Crippen MR) is 161 cm³/mol. The zero-order valence-electron chi connectivity index (χ0n) is 21.9. The van der Waals surface area contributed by atoms with E-state index >= 15 is 0 Å². The Morgan fingerprint density at radius 1 is 0.975 bits per heavy atom. The molecule has 1 N–H and O–H groups in total. The fourth-order valence-electron chi connectivity index (χ4n) is 3.74. The summed E-state index contributed by atoms with van der Waals surface area (Å²) in [5.41, 5.74) is 4.22. The number of nitrogens with one attached hydrogen (secondary N) is 1. The van der Waals surface area contributed by atoms with E-state index in [9.17, 15) is 10.1 Å². The van der Waals surface area contributed by atoms with Crippen LogP contribution >= 0.6 is 27.5 Å². The lowest BCUT2D eigenvalue weighted by atomic mass is 10.1. The summed E-state index contributed by atoms with van der Waals surface area (Å²) in [7, 11) is 1.52. The number of halogens is 2. The van der Waals surface area contributed by atoms with Crippen molar-refractivity contribution < 1.29 is 19.0 Å². The van der Waals surface area contributed by atoms with Crippen molar-refractivity contribution in [3.8, 4) is 23.3 Å². The van der Waals surface area contributed by atoms with Crippen LogP contribution in [0.2, 0.25) is 5.02 Å². The van der Waals surface area contributed by atoms with E-state index in [4.69, 9.17) is 25.8 Å². The third kappa shape index (κ3) is 7.89. The average molecular weight is 618 g/mol. The van der Waals surface area contributed by atoms with Crippen LogP contribution in [0.15, 0.2) is 95.0 Å². The van der Waals surface area contributed by atoms with Gasteiger partial charge in [-0.3, -0.25) is 4.79 Å². The number of hydrogen-bond acceptors (Lipinski definition) is 5. The SMILES string of the molecule is COc1cc(/C=C(\C#N)C(=O)Nc2ccc(OCc3ccc(C)cc3)cc2)cc(Br)c1OCc1cccc(Cl)c1. The highest BCUT2D eigenvalue weighted by molar-refractivity contribution is 9.10. The predicted octanol–water partition coefficient (Wildman–Crippen LogP) is 8.12. The molecule has 6 nitrogen and oxygen atoms in total. The van der Waals surface area contributed by atoms with E-state index < -0.39 is 5.91 Å². The van der Waals surface area contributed by atoms with Gasteiger partial charge in [0.25, 0.3) is 5.91 Å². The Hall–Kier alpha value is -4.25. The molecular weight excluding hydrogens is 592 g/mol. The van der Waals surface area contributed by atoms with Crippen molar-refractivity contribution in [1.82, 2.24) is 0 Å². The lowest BCUT2D eigenvalue weighted by molar-refractivity contribution is -0.112. The number of carbonyl (C=O) groups is 1. The number of hydrogen-bond donors (Lipinski definition) is 1. The van der Waals surface area contributed by atoms with E-state index in [1.54, 1.807) is 42.5 Å². The summed E-state index contributed by atoms with van der Waals surface area (Å²) >= 11 is 9.57. The molecule has 0 saturated heterocycles. The van der Waals surface area contributed by atoms with Gasteiger partial charge in [0.05, 0.1) is 11.6 Å². The smallest absolute Gasteiger partial charge is 0.266 e. The highest BCUT2D eigenvalue weighted by Gasteiger charge is 2.15. The summed E-state index contributed by atoms with van der Waals surface area (Å²) in [6.07, 6.45) is 1.49. The fourth-order valence-corrected chi connectivity index (χ4v) is 4.53. The van der Waals surface area contributed by atoms with Gasteiger partial charge in [-0.05, 0) is 94.2 Å². The number of methoxy groups -OCH3 is 1. The highest BCUT2D eigenvalue weighted by Crippen LogP contribution is 2.38. The molecule has 0 bridgehead atoms. The first kappa shape index (κ1) is 28.8. The maximum Gasteiger partial charge on any atom is 0.266 e. The van der Waals surface area contributed by atoms with Crippen molar-refractivity contribution >= 4 is 45.2 Å². The molecule has 202 valence electrons. The van der Waals surface area contributed by atoms with Crippen LogP contribution in [0.1, 0.15) is 22.3 Å². The Kier molecular flexibility index (Phi) is 9.85. The summed E-state index contributed by atoms with van der Waals surface area (Å²) in [6, 6.07) is 27.9. The Balaban J connectivity index is 1.41. The second-order valence-corrected chi connectivity index (χ2v) is 10.2. The summed E-state index contributed by atoms with van der Waals surface area (Å²) in [4.78, 5) is 12.9. The molecule has 0 atom stereocenters. The van der Waals surface area contributed by atoms with Crippen LogP contribution in [0.3, 0.4) is 0 Å². The van der Waals surface area contributed by atoms with E-state index in [1.807, 2.05) is 55.5 Å². The third-order valence-corrected chi connectivity index (χ3v) is 6.66. The highest BCUT2D eigenvalue weighted by atomic mass is 79.9. The maximum absolute atomic E-state index is 12.9. The number of ether oxygens (including phenoxy) is 3. The number of carbonyl (C=O) groups excluding carboxylic acids is 1. The number of anilines is 1. The maximum atomic E-state index is 12.9. The molecule has 0 spiro atoms. The molecule has 4 rings (SSSR count). The van der Waals surface area contributed by atoms with Gasteiger partial charge in [0.1, 0.15) is 30.6 Å². The molecule has 0 saturated carbocycles. The quantitative estimate of drug-likeness (QED) is 0.144. The zero-order chi connectivity index (χ0) is 28.5. The second kappa shape index (κ2) is 13.7. The Bertz CT molecular complexity index is 1560. The van der Waals surface area contributed by atoms with Crippen molar-refractivity contribution in [1.29, 1.82) is 5.26 Å². The van der Waals surface area contributed by atoms with Crippen LogP contribution in [0.25, 0.3) is 6.08 Å². The Morgan fingerprint density at radius 3 is 2.38 bits per heavy atom. The fraction of sp³-hybridized carbons (Fsp3) is 0.125. The summed E-state index contributed by atoms with van der Waals surface area (Å²) in [5, 5.41) is 13.1. The molecule has 0 aliphatic heterocycles. The Morgan fingerprint density at radius 2 is 1.70 bits per heavy atom. The van der Waals surface area contributed by atoms with Crippen LogP contribution in [-0.4, -0.2) is 13.0 Å². The first-order valence-corrected chi connectivity index (χ1v) is 13.5. The second-order valence-electron chi connectivity index (χ2n) is 8.88. The molecule has 0 aliphatic rings. The molecule has 4 aromatic rings. The van der Waals surface area contributed by atoms with Gasteiger partial charge < -0.3 is 19.5 Å². The van der Waals surface area contributed by atoms with Crippen LogP contribution < -0.4 is 19.5 Å². The molecule has 8 heteroatoms. The lowest BCUT2D eigenvalue weighted by Crippen LogP contribution is -2.13. The molecule has 0 unspecified atom stereocenters. The van der Waals surface area contributed by atoms with Crippen LogP contribution in [-0.2, 0) is 18.0 Å². The van der Waals surface area contributed by atoms with Crippen LogP contribution in [0.4, 0.5) is 5.69 Å². The summed E-state index contributed by atoms with van der Waals surface area (Å²) in [6.45, 7) is 2.76. The molecule has 0 radical (unpaired) electrons. The summed E-state index contributed by atoms with van der Waals surface area (Å²) < 4.78 is 17.9. The zero-order valence-corrected chi connectivity index (χ0v) is 24.3. The standard InChI is InChI=1S/C32H26BrClN2O4/c1-21-6-8-22(9-7-21)19-39-28-12-10-27(11-13-28)36-32(37)25(18-35)14-24-16-29(33)31(30(17-24)38-2)40-20-23-4-3-5-26(34)15-23/h3-17H,19-20H2,1-2H3,(H,36,37)/b25-14+. The van der Waals surface area contributed by atoms with Gasteiger partial charge in [0.2, 0.25) is 0 Å². The molecule has 40 heavy (non-hydrogen) atoms. The third-order valence-electron chi connectivity index (χ3n) is 5.84. The van der Waals surface area contributed by atoms with Crippen molar-refractivity contribution in [3.63, 3.8) is 0 Å². The first-order chi connectivity index (χ1) is 19.3.